The lowest BCUT2D eigenvalue weighted by Crippen LogP contribution is -2.37. The fraction of sp³-hybridized carbons (Fsp3) is 0.872. The van der Waals surface area contributed by atoms with Crippen LogP contribution in [0.1, 0.15) is 386 Å². The summed E-state index contributed by atoms with van der Waals surface area (Å²) in [6.45, 7) is 4.28. The summed E-state index contributed by atoms with van der Waals surface area (Å²) in [5.41, 5.74) is 0. The molecule has 0 amide bonds. The number of hydrogen-bond acceptors (Lipinski definition) is 8. The van der Waals surface area contributed by atoms with Gasteiger partial charge < -0.3 is 27.9 Å². The van der Waals surface area contributed by atoms with E-state index in [4.69, 9.17) is 18.5 Å². The molecule has 0 aliphatic rings. The number of quaternary nitrogens is 1. The van der Waals surface area contributed by atoms with Crippen LogP contribution < -0.4 is 4.89 Å². The number of unbranched alkanes of at least 4 members (excludes halogenated alkanes) is 50. The molecule has 0 aliphatic heterocycles. The molecule has 0 spiro atoms. The lowest BCUT2D eigenvalue weighted by molar-refractivity contribution is -0.870. The number of ether oxygens (including phenoxy) is 2. The maximum Gasteiger partial charge on any atom is 0.306 e. The van der Waals surface area contributed by atoms with Crippen LogP contribution in [0.4, 0.5) is 0 Å². The zero-order valence-electron chi connectivity index (χ0n) is 59.2. The van der Waals surface area contributed by atoms with Crippen molar-refractivity contribution in [2.45, 2.75) is 392 Å². The van der Waals surface area contributed by atoms with Gasteiger partial charge in [0.05, 0.1) is 27.7 Å². The molecule has 88 heavy (non-hydrogen) atoms. The Bertz CT molecular complexity index is 1620. The molecule has 2 unspecified atom stereocenters. The summed E-state index contributed by atoms with van der Waals surface area (Å²) >= 11 is 0. The molecule has 2 atom stereocenters. The second-order valence-electron chi connectivity index (χ2n) is 27.4. The smallest absolute Gasteiger partial charge is 0.306 e. The maximum atomic E-state index is 12.9. The quantitative estimate of drug-likeness (QED) is 0.0195. The van der Waals surface area contributed by atoms with E-state index in [2.05, 4.69) is 62.5 Å². The predicted octanol–water partition coefficient (Wildman–Crippen LogP) is 24.5. The Morgan fingerprint density at radius 3 is 0.920 bits per heavy atom. The number of phosphoric acid groups is 1. The Kier molecular flexibility index (Phi) is 67.7. The first-order chi connectivity index (χ1) is 43.0. The number of hydrogen-bond donors (Lipinski definition) is 0. The molecule has 0 radical (unpaired) electrons. The molecule has 0 N–H and O–H groups in total. The highest BCUT2D eigenvalue weighted by molar-refractivity contribution is 7.45. The van der Waals surface area contributed by atoms with Crippen molar-refractivity contribution in [2.24, 2.45) is 0 Å². The van der Waals surface area contributed by atoms with Crippen LogP contribution >= 0.6 is 7.82 Å². The van der Waals surface area contributed by atoms with Crippen LogP contribution in [0, 0.1) is 0 Å². The SMILES string of the molecule is CCCCCCC/C=C\C/C=C\C/C=C\CCCCCCCCCCC(=O)OC(COC(=O)CCCCCCCCCCCCCCCCCCCCCCCCCCCCCCC/C=C\CCCCCCCCCC)COP(=O)([O-])OCC[N+](C)(C)C. The molecule has 0 heterocycles. The largest absolute Gasteiger partial charge is 0.756 e. The van der Waals surface area contributed by atoms with Gasteiger partial charge >= 0.3 is 11.9 Å². The lowest BCUT2D eigenvalue weighted by atomic mass is 10.0. The van der Waals surface area contributed by atoms with Crippen LogP contribution in [0.25, 0.3) is 0 Å². The molecule has 0 bridgehead atoms. The molecular formula is C78H148NO8P. The zero-order valence-corrected chi connectivity index (χ0v) is 60.1. The van der Waals surface area contributed by atoms with Gasteiger partial charge in [0.1, 0.15) is 19.8 Å². The predicted molar refractivity (Wildman–Crippen MR) is 379 cm³/mol. The van der Waals surface area contributed by atoms with Crippen molar-refractivity contribution in [2.75, 3.05) is 47.5 Å². The minimum atomic E-state index is -4.64. The summed E-state index contributed by atoms with van der Waals surface area (Å²) in [5, 5.41) is 0. The average molecular weight is 1260 g/mol. The molecule has 0 aromatic carbocycles. The number of phosphoric ester groups is 1. The Balaban J connectivity index is 3.88. The number of allylic oxidation sites excluding steroid dienone is 8. The highest BCUT2D eigenvalue weighted by atomic mass is 31.2. The summed E-state index contributed by atoms with van der Waals surface area (Å²) in [6.07, 6.45) is 90.9. The Labute approximate surface area is 547 Å². The number of likely N-dealkylation sites (N-methyl/N-ethyl adjacent to an activating group) is 1. The molecule has 518 valence electrons. The highest BCUT2D eigenvalue weighted by Gasteiger charge is 2.22. The summed E-state index contributed by atoms with van der Waals surface area (Å²) in [4.78, 5) is 38.1. The summed E-state index contributed by atoms with van der Waals surface area (Å²) in [5.74, 6) is -0.824. The van der Waals surface area contributed by atoms with Crippen molar-refractivity contribution in [3.63, 3.8) is 0 Å². The maximum absolute atomic E-state index is 12.9. The van der Waals surface area contributed by atoms with Gasteiger partial charge in [0.15, 0.2) is 6.10 Å². The minimum Gasteiger partial charge on any atom is -0.756 e. The van der Waals surface area contributed by atoms with E-state index in [1.54, 1.807) is 0 Å². The van der Waals surface area contributed by atoms with E-state index < -0.39 is 26.5 Å². The van der Waals surface area contributed by atoms with Gasteiger partial charge in [-0.2, -0.15) is 0 Å². The average Bonchev–Trinajstić information content (AvgIpc) is 3.68. The van der Waals surface area contributed by atoms with Gasteiger partial charge in [-0.05, 0) is 77.0 Å². The second-order valence-corrected chi connectivity index (χ2v) is 28.8. The lowest BCUT2D eigenvalue weighted by Gasteiger charge is -2.28. The van der Waals surface area contributed by atoms with E-state index in [9.17, 15) is 19.0 Å². The van der Waals surface area contributed by atoms with Crippen LogP contribution in [0.5, 0.6) is 0 Å². The zero-order chi connectivity index (χ0) is 64.1. The third kappa shape index (κ3) is 73.0. The highest BCUT2D eigenvalue weighted by Crippen LogP contribution is 2.38. The van der Waals surface area contributed by atoms with Gasteiger partial charge in [0.2, 0.25) is 0 Å². The number of esters is 2. The van der Waals surface area contributed by atoms with Gasteiger partial charge in [0.25, 0.3) is 7.82 Å². The Hall–Kier alpha value is -2.03. The van der Waals surface area contributed by atoms with Crippen LogP contribution in [-0.4, -0.2) is 70.0 Å². The Morgan fingerprint density at radius 1 is 0.352 bits per heavy atom. The number of carbonyl (C=O) groups is 2. The first-order valence-corrected chi connectivity index (χ1v) is 39.8. The van der Waals surface area contributed by atoms with Crippen molar-refractivity contribution in [3.8, 4) is 0 Å². The van der Waals surface area contributed by atoms with E-state index in [0.29, 0.717) is 17.4 Å². The van der Waals surface area contributed by atoms with Crippen LogP contribution in [-0.2, 0) is 32.7 Å². The standard InChI is InChI=1S/C78H148NO8P/c1-6-8-10-12-14-16-18-20-22-24-26-28-30-31-32-33-34-35-36-37-38-39-40-41-42-43-44-45-46-47-49-50-52-54-56-58-60-62-64-66-68-70-77(80)84-74-76(75-86-88(82,83)85-73-72-79(3,4)5)87-78(81)71-69-67-65-63-61-59-57-55-53-51-48-29-27-25-23-21-19-17-15-13-11-9-7-2/h19,21,24-27,48,51,76H,6-18,20,22-23,28-47,49-50,52-75H2,1-5H3/b21-19-,26-24-,27-25-,51-48-. The minimum absolute atomic E-state index is 0.0315. The molecule has 0 rings (SSSR count). The molecule has 0 saturated carbocycles. The van der Waals surface area contributed by atoms with Gasteiger partial charge in [-0.15, -0.1) is 0 Å². The topological polar surface area (TPSA) is 111 Å². The number of nitrogens with zero attached hydrogens (tertiary/aromatic N) is 1. The summed E-state index contributed by atoms with van der Waals surface area (Å²) in [7, 11) is 1.17. The van der Waals surface area contributed by atoms with E-state index in [1.165, 1.54) is 295 Å². The second kappa shape index (κ2) is 69.3. The fourth-order valence-electron chi connectivity index (χ4n) is 11.4. The fourth-order valence-corrected chi connectivity index (χ4v) is 12.2. The van der Waals surface area contributed by atoms with Crippen molar-refractivity contribution in [3.05, 3.63) is 48.6 Å². The molecule has 0 aromatic rings. The molecule has 0 aromatic heterocycles. The number of rotatable bonds is 72. The van der Waals surface area contributed by atoms with Crippen molar-refractivity contribution >= 4 is 19.8 Å². The first-order valence-electron chi connectivity index (χ1n) is 38.3. The molecular weight excluding hydrogens is 1110 g/mol. The molecule has 9 nitrogen and oxygen atoms in total. The van der Waals surface area contributed by atoms with Crippen LogP contribution in [0.3, 0.4) is 0 Å². The van der Waals surface area contributed by atoms with Crippen LogP contribution in [0.2, 0.25) is 0 Å². The van der Waals surface area contributed by atoms with Crippen LogP contribution in [0.15, 0.2) is 48.6 Å². The normalized spacial score (nSPS) is 13.3. The van der Waals surface area contributed by atoms with Gasteiger partial charge in [-0.3, -0.25) is 14.2 Å². The molecule has 0 fully saturated rings. The van der Waals surface area contributed by atoms with E-state index in [-0.39, 0.29) is 32.0 Å². The van der Waals surface area contributed by atoms with Gasteiger partial charge in [0, 0.05) is 12.8 Å². The molecule has 10 heteroatoms. The summed E-state index contributed by atoms with van der Waals surface area (Å²) < 4.78 is 34.3. The third-order valence-corrected chi connectivity index (χ3v) is 18.3. The van der Waals surface area contributed by atoms with Crippen molar-refractivity contribution in [1.29, 1.82) is 0 Å². The van der Waals surface area contributed by atoms with Gasteiger partial charge in [-0.25, -0.2) is 0 Å². The monoisotopic (exact) mass is 1260 g/mol. The van der Waals surface area contributed by atoms with Gasteiger partial charge in [-0.1, -0.05) is 345 Å². The van der Waals surface area contributed by atoms with Crippen molar-refractivity contribution < 1.29 is 42.1 Å². The van der Waals surface area contributed by atoms with E-state index >= 15 is 0 Å². The summed E-state index contributed by atoms with van der Waals surface area (Å²) in [6, 6.07) is 0. The van der Waals surface area contributed by atoms with Crippen molar-refractivity contribution in [1.82, 2.24) is 0 Å². The number of carbonyl (C=O) groups excluding carboxylic acids is 2. The molecule has 0 saturated heterocycles. The first kappa shape index (κ1) is 86.0. The molecule has 0 aliphatic carbocycles. The third-order valence-electron chi connectivity index (χ3n) is 17.3. The van der Waals surface area contributed by atoms with E-state index in [1.807, 2.05) is 21.1 Å². The van der Waals surface area contributed by atoms with E-state index in [0.717, 1.165) is 57.8 Å². The Morgan fingerprint density at radius 2 is 0.614 bits per heavy atom.